The van der Waals surface area contributed by atoms with Crippen molar-refractivity contribution in [2.45, 2.75) is 31.7 Å². The van der Waals surface area contributed by atoms with Gasteiger partial charge in [0.1, 0.15) is 6.04 Å². The third kappa shape index (κ3) is 3.75. The highest BCUT2D eigenvalue weighted by atomic mass is 16.4. The number of urea groups is 1. The van der Waals surface area contributed by atoms with Crippen LogP contribution in [-0.2, 0) is 16.0 Å². The van der Waals surface area contributed by atoms with Gasteiger partial charge in [-0.2, -0.15) is 0 Å². The summed E-state index contributed by atoms with van der Waals surface area (Å²) in [5, 5.41) is 20.2. The Balaban J connectivity index is 2.08. The van der Waals surface area contributed by atoms with Gasteiger partial charge < -0.3 is 15.5 Å². The van der Waals surface area contributed by atoms with Crippen molar-refractivity contribution in [1.29, 1.82) is 0 Å². The third-order valence-electron chi connectivity index (χ3n) is 3.60. The summed E-state index contributed by atoms with van der Waals surface area (Å²) in [6.45, 7) is 0.508. The molecule has 0 unspecified atom stereocenters. The maximum atomic E-state index is 12.3. The first-order valence-corrected chi connectivity index (χ1v) is 7.09. The molecule has 1 aliphatic rings. The van der Waals surface area contributed by atoms with Crippen molar-refractivity contribution in [3.8, 4) is 0 Å². The number of nitrogens with zero attached hydrogens (tertiary/aromatic N) is 1. The van der Waals surface area contributed by atoms with E-state index < -0.39 is 24.0 Å². The first-order chi connectivity index (χ1) is 10.5. The van der Waals surface area contributed by atoms with Crippen molar-refractivity contribution in [3.05, 3.63) is 29.8 Å². The summed E-state index contributed by atoms with van der Waals surface area (Å²) in [7, 11) is 0. The number of hydrogen-bond acceptors (Lipinski definition) is 3. The number of para-hydroxylation sites is 1. The Bertz CT molecular complexity index is 587. The van der Waals surface area contributed by atoms with Crippen molar-refractivity contribution in [1.82, 2.24) is 5.32 Å². The molecule has 2 rings (SSSR count). The zero-order valence-corrected chi connectivity index (χ0v) is 12.0. The quantitative estimate of drug-likeness (QED) is 0.763. The molecule has 0 radical (unpaired) electrons. The van der Waals surface area contributed by atoms with Crippen molar-refractivity contribution in [2.75, 3.05) is 11.4 Å². The Morgan fingerprint density at radius 3 is 2.64 bits per heavy atom. The van der Waals surface area contributed by atoms with Crippen LogP contribution in [0.5, 0.6) is 0 Å². The van der Waals surface area contributed by atoms with Gasteiger partial charge in [0.25, 0.3) is 0 Å². The number of hydrogen-bond donors (Lipinski definition) is 3. The molecule has 0 saturated heterocycles. The first kappa shape index (κ1) is 15.8. The van der Waals surface area contributed by atoms with Crippen molar-refractivity contribution >= 4 is 23.7 Å². The number of aliphatic carboxylic acids is 2. The van der Waals surface area contributed by atoms with Crippen molar-refractivity contribution < 1.29 is 24.6 Å². The van der Waals surface area contributed by atoms with Crippen LogP contribution >= 0.6 is 0 Å². The molecule has 0 bridgehead atoms. The Morgan fingerprint density at radius 2 is 1.95 bits per heavy atom. The first-order valence-electron chi connectivity index (χ1n) is 7.09. The van der Waals surface area contributed by atoms with Crippen LogP contribution in [0.4, 0.5) is 10.5 Å². The number of carbonyl (C=O) groups excluding carboxylic acids is 1. The number of fused-ring (bicyclic) bond motifs is 1. The highest BCUT2D eigenvalue weighted by Gasteiger charge is 2.27. The van der Waals surface area contributed by atoms with E-state index in [1.54, 1.807) is 0 Å². The van der Waals surface area contributed by atoms with E-state index >= 15 is 0 Å². The lowest BCUT2D eigenvalue weighted by atomic mass is 10.0. The largest absolute Gasteiger partial charge is 0.481 e. The van der Waals surface area contributed by atoms with E-state index in [0.717, 1.165) is 24.1 Å². The second kappa shape index (κ2) is 6.93. The zero-order chi connectivity index (χ0) is 16.1. The van der Waals surface area contributed by atoms with Gasteiger partial charge in [0.2, 0.25) is 0 Å². The van der Waals surface area contributed by atoms with Crippen LogP contribution in [0.1, 0.15) is 24.8 Å². The van der Waals surface area contributed by atoms with Crippen LogP contribution in [0.15, 0.2) is 24.3 Å². The molecule has 1 heterocycles. The number of amides is 2. The minimum absolute atomic E-state index is 0.147. The maximum Gasteiger partial charge on any atom is 0.326 e. The average Bonchev–Trinajstić information content (AvgIpc) is 2.50. The topological polar surface area (TPSA) is 107 Å². The van der Waals surface area contributed by atoms with Gasteiger partial charge in [-0.25, -0.2) is 9.59 Å². The second-order valence-corrected chi connectivity index (χ2v) is 5.16. The fraction of sp³-hybridized carbons (Fsp3) is 0.400. The normalized spacial score (nSPS) is 14.8. The molecule has 3 N–H and O–H groups in total. The van der Waals surface area contributed by atoms with Crippen LogP contribution in [0.2, 0.25) is 0 Å². The minimum Gasteiger partial charge on any atom is -0.481 e. The smallest absolute Gasteiger partial charge is 0.326 e. The maximum absolute atomic E-state index is 12.3. The van der Waals surface area contributed by atoms with Crippen LogP contribution in [0.25, 0.3) is 0 Å². The summed E-state index contributed by atoms with van der Waals surface area (Å²) >= 11 is 0. The van der Waals surface area contributed by atoms with E-state index in [1.165, 1.54) is 4.90 Å². The second-order valence-electron chi connectivity index (χ2n) is 5.16. The number of carboxylic acid groups (broad SMARTS) is 2. The van der Waals surface area contributed by atoms with E-state index in [1.807, 2.05) is 24.3 Å². The number of carboxylic acids is 2. The molecule has 0 spiro atoms. The number of anilines is 1. The Kier molecular flexibility index (Phi) is 4.98. The lowest BCUT2D eigenvalue weighted by molar-refractivity contribution is -0.140. The predicted octanol–water partition coefficient (Wildman–Crippen LogP) is 1.47. The molecular formula is C15H18N2O5. The van der Waals surface area contributed by atoms with Crippen LogP contribution in [0.3, 0.4) is 0 Å². The summed E-state index contributed by atoms with van der Waals surface area (Å²) in [6.07, 6.45) is 1.22. The van der Waals surface area contributed by atoms with Gasteiger partial charge in [0.15, 0.2) is 0 Å². The number of nitrogens with one attached hydrogen (secondary N) is 1. The van der Waals surface area contributed by atoms with Gasteiger partial charge in [0, 0.05) is 18.7 Å². The molecule has 0 aromatic heterocycles. The van der Waals surface area contributed by atoms with Crippen molar-refractivity contribution in [2.24, 2.45) is 0 Å². The molecular weight excluding hydrogens is 288 g/mol. The standard InChI is InChI=1S/C15H18N2O5/c18-13(19)8-7-11(14(20)21)16-15(22)17-9-3-5-10-4-1-2-6-12(10)17/h1-2,4,6,11H,3,5,7-9H2,(H,16,22)(H,18,19)(H,20,21)/t11-/m1/s1. The van der Waals surface area contributed by atoms with Crippen LogP contribution in [0, 0.1) is 0 Å². The number of rotatable bonds is 5. The lowest BCUT2D eigenvalue weighted by Crippen LogP contribution is -2.49. The predicted molar refractivity (Wildman–Crippen MR) is 78.9 cm³/mol. The van der Waals surface area contributed by atoms with Crippen molar-refractivity contribution in [3.63, 3.8) is 0 Å². The zero-order valence-electron chi connectivity index (χ0n) is 12.0. The van der Waals surface area contributed by atoms with Gasteiger partial charge >= 0.3 is 18.0 Å². The number of aryl methyl sites for hydroxylation is 1. The highest BCUT2D eigenvalue weighted by molar-refractivity contribution is 5.95. The van der Waals surface area contributed by atoms with Crippen LogP contribution in [-0.4, -0.2) is 40.8 Å². The summed E-state index contributed by atoms with van der Waals surface area (Å²) in [6, 6.07) is 5.76. The number of carbonyl (C=O) groups is 3. The fourth-order valence-corrected chi connectivity index (χ4v) is 2.50. The van der Waals surface area contributed by atoms with E-state index in [-0.39, 0.29) is 12.8 Å². The van der Waals surface area contributed by atoms with E-state index in [9.17, 15) is 14.4 Å². The summed E-state index contributed by atoms with van der Waals surface area (Å²) in [5.74, 6) is -2.33. The van der Waals surface area contributed by atoms with Gasteiger partial charge in [-0.3, -0.25) is 9.69 Å². The minimum atomic E-state index is -1.24. The molecule has 0 aliphatic carbocycles. The highest BCUT2D eigenvalue weighted by Crippen LogP contribution is 2.26. The monoisotopic (exact) mass is 306 g/mol. The molecule has 0 saturated carbocycles. The van der Waals surface area contributed by atoms with E-state index in [2.05, 4.69) is 5.32 Å². The molecule has 118 valence electrons. The van der Waals surface area contributed by atoms with E-state index in [0.29, 0.717) is 6.54 Å². The summed E-state index contributed by atoms with van der Waals surface area (Å²) in [5.41, 5.74) is 1.81. The van der Waals surface area contributed by atoms with Gasteiger partial charge in [-0.05, 0) is 30.9 Å². The molecule has 1 aromatic carbocycles. The molecule has 2 amide bonds. The molecule has 7 heteroatoms. The van der Waals surface area contributed by atoms with E-state index in [4.69, 9.17) is 10.2 Å². The summed E-state index contributed by atoms with van der Waals surface area (Å²) < 4.78 is 0. The molecule has 1 aliphatic heterocycles. The SMILES string of the molecule is O=C(O)CC[C@@H](NC(=O)N1CCCc2ccccc21)C(=O)O. The lowest BCUT2D eigenvalue weighted by Gasteiger charge is -2.30. The van der Waals surface area contributed by atoms with Gasteiger partial charge in [-0.1, -0.05) is 18.2 Å². The Morgan fingerprint density at radius 1 is 1.23 bits per heavy atom. The third-order valence-corrected chi connectivity index (χ3v) is 3.60. The average molecular weight is 306 g/mol. The fourth-order valence-electron chi connectivity index (χ4n) is 2.50. The molecule has 1 aromatic rings. The molecule has 1 atom stereocenters. The Labute approximate surface area is 127 Å². The number of benzene rings is 1. The summed E-state index contributed by atoms with van der Waals surface area (Å²) in [4.78, 5) is 35.5. The van der Waals surface area contributed by atoms with Gasteiger partial charge in [0.05, 0.1) is 0 Å². The Hall–Kier alpha value is -2.57. The molecule has 0 fully saturated rings. The molecule has 22 heavy (non-hydrogen) atoms. The van der Waals surface area contributed by atoms with Crippen LogP contribution < -0.4 is 10.2 Å². The molecule has 7 nitrogen and oxygen atoms in total. The van der Waals surface area contributed by atoms with Gasteiger partial charge in [-0.15, -0.1) is 0 Å².